The summed E-state index contributed by atoms with van der Waals surface area (Å²) in [7, 11) is 0. The summed E-state index contributed by atoms with van der Waals surface area (Å²) in [6.45, 7) is 0.478. The maximum atomic E-state index is 12.5. The Hall–Kier alpha value is -2.46. The van der Waals surface area contributed by atoms with E-state index in [-0.39, 0.29) is 5.78 Å². The molecule has 0 N–H and O–H groups in total. The Kier molecular flexibility index (Phi) is 2.82. The summed E-state index contributed by atoms with van der Waals surface area (Å²) < 4.78 is 5.71. The maximum Gasteiger partial charge on any atom is 0.221 e. The molecule has 0 saturated carbocycles. The first-order chi connectivity index (χ1) is 10.3. The molecule has 4 heteroatoms. The zero-order valence-corrected chi connectivity index (χ0v) is 11.9. The lowest BCUT2D eigenvalue weighted by Crippen LogP contribution is -2.03. The van der Waals surface area contributed by atoms with Crippen LogP contribution < -0.4 is 4.74 Å². The second-order valence-corrected chi connectivity index (χ2v) is 5.85. The number of fused-ring (bicyclic) bond motifs is 3. The number of thiazole rings is 1. The highest BCUT2D eigenvalue weighted by Crippen LogP contribution is 2.39. The van der Waals surface area contributed by atoms with Crippen molar-refractivity contribution >= 4 is 17.1 Å². The lowest BCUT2D eigenvalue weighted by Gasteiger charge is -2.15. The fourth-order valence-electron chi connectivity index (χ4n) is 2.40. The van der Waals surface area contributed by atoms with Crippen LogP contribution in [0.25, 0.3) is 11.3 Å². The SMILES string of the molecule is O=C(c1ccccc1)c1nc2c(s1)COc1ccccc1-2. The fraction of sp³-hybridized carbons (Fsp3) is 0.0588. The van der Waals surface area contributed by atoms with Crippen LogP contribution in [0.1, 0.15) is 20.2 Å². The molecule has 1 aliphatic heterocycles. The summed E-state index contributed by atoms with van der Waals surface area (Å²) in [5.41, 5.74) is 2.50. The minimum atomic E-state index is -0.0347. The molecule has 2 heterocycles. The van der Waals surface area contributed by atoms with Crippen LogP contribution in [0.5, 0.6) is 5.75 Å². The van der Waals surface area contributed by atoms with E-state index in [1.54, 1.807) is 0 Å². The summed E-state index contributed by atoms with van der Waals surface area (Å²) >= 11 is 1.42. The highest BCUT2D eigenvalue weighted by Gasteiger charge is 2.24. The Labute approximate surface area is 125 Å². The van der Waals surface area contributed by atoms with Crippen molar-refractivity contribution < 1.29 is 9.53 Å². The first-order valence-electron chi connectivity index (χ1n) is 6.64. The van der Waals surface area contributed by atoms with Crippen molar-refractivity contribution in [1.82, 2.24) is 4.98 Å². The Balaban J connectivity index is 1.79. The number of carbonyl (C=O) groups excluding carboxylic acids is 1. The molecule has 0 fully saturated rings. The van der Waals surface area contributed by atoms with Crippen molar-refractivity contribution in [3.05, 3.63) is 70.0 Å². The largest absolute Gasteiger partial charge is 0.487 e. The van der Waals surface area contributed by atoms with Crippen molar-refractivity contribution in [2.75, 3.05) is 0 Å². The van der Waals surface area contributed by atoms with Crippen molar-refractivity contribution in [3.8, 4) is 17.0 Å². The average Bonchev–Trinajstić information content (AvgIpc) is 2.99. The molecule has 0 saturated heterocycles. The maximum absolute atomic E-state index is 12.5. The highest BCUT2D eigenvalue weighted by molar-refractivity contribution is 7.14. The Morgan fingerprint density at radius 1 is 1.05 bits per heavy atom. The van der Waals surface area contributed by atoms with Crippen molar-refractivity contribution in [3.63, 3.8) is 0 Å². The number of para-hydroxylation sites is 1. The van der Waals surface area contributed by atoms with Crippen LogP contribution in [-0.4, -0.2) is 10.8 Å². The lowest BCUT2D eigenvalue weighted by molar-refractivity contribution is 0.103. The topological polar surface area (TPSA) is 39.2 Å². The van der Waals surface area contributed by atoms with Crippen LogP contribution >= 0.6 is 11.3 Å². The normalized spacial score (nSPS) is 12.2. The van der Waals surface area contributed by atoms with Crippen LogP contribution in [0.3, 0.4) is 0 Å². The predicted octanol–water partition coefficient (Wildman–Crippen LogP) is 3.93. The monoisotopic (exact) mass is 293 g/mol. The van der Waals surface area contributed by atoms with Gasteiger partial charge in [0.05, 0.1) is 10.6 Å². The predicted molar refractivity (Wildman–Crippen MR) is 81.8 cm³/mol. The van der Waals surface area contributed by atoms with Gasteiger partial charge in [-0.05, 0) is 12.1 Å². The molecule has 2 aromatic carbocycles. The lowest BCUT2D eigenvalue weighted by atomic mass is 10.1. The number of rotatable bonds is 2. The molecule has 4 rings (SSSR count). The van der Waals surface area contributed by atoms with Gasteiger partial charge in [0.2, 0.25) is 5.78 Å². The zero-order valence-electron chi connectivity index (χ0n) is 11.1. The molecule has 3 aromatic rings. The van der Waals surface area contributed by atoms with E-state index in [1.165, 1.54) is 11.3 Å². The molecule has 21 heavy (non-hydrogen) atoms. The molecule has 0 atom stereocenters. The summed E-state index contributed by atoms with van der Waals surface area (Å²) in [5.74, 6) is 0.793. The number of aromatic nitrogens is 1. The number of ketones is 1. The van der Waals surface area contributed by atoms with Crippen LogP contribution in [0.15, 0.2) is 54.6 Å². The van der Waals surface area contributed by atoms with E-state index in [0.29, 0.717) is 17.2 Å². The average molecular weight is 293 g/mol. The van der Waals surface area contributed by atoms with E-state index in [0.717, 1.165) is 21.9 Å². The van der Waals surface area contributed by atoms with Gasteiger partial charge in [-0.1, -0.05) is 42.5 Å². The Morgan fingerprint density at radius 3 is 2.67 bits per heavy atom. The van der Waals surface area contributed by atoms with Crippen LogP contribution in [-0.2, 0) is 6.61 Å². The summed E-state index contributed by atoms with van der Waals surface area (Å²) in [6, 6.07) is 17.0. The Morgan fingerprint density at radius 2 is 1.81 bits per heavy atom. The smallest absolute Gasteiger partial charge is 0.221 e. The third-order valence-electron chi connectivity index (χ3n) is 3.43. The molecule has 0 aliphatic carbocycles. The molecule has 0 amide bonds. The van der Waals surface area contributed by atoms with Gasteiger partial charge in [-0.15, -0.1) is 11.3 Å². The first-order valence-corrected chi connectivity index (χ1v) is 7.46. The first kappa shape index (κ1) is 12.3. The van der Waals surface area contributed by atoms with Crippen LogP contribution in [0.2, 0.25) is 0 Å². The number of carbonyl (C=O) groups is 1. The third kappa shape index (κ3) is 2.04. The van der Waals surface area contributed by atoms with E-state index >= 15 is 0 Å². The standard InChI is InChI=1S/C17H11NO2S/c19-16(11-6-2-1-3-7-11)17-18-15-12-8-4-5-9-13(12)20-10-14(15)21-17/h1-9H,10H2. The van der Waals surface area contributed by atoms with E-state index < -0.39 is 0 Å². The van der Waals surface area contributed by atoms with Gasteiger partial charge < -0.3 is 4.74 Å². The summed E-state index contributed by atoms with van der Waals surface area (Å²) in [6.07, 6.45) is 0. The van der Waals surface area contributed by atoms with Gasteiger partial charge in [0.25, 0.3) is 0 Å². The van der Waals surface area contributed by atoms with E-state index in [9.17, 15) is 4.79 Å². The van der Waals surface area contributed by atoms with Crippen molar-refractivity contribution in [2.45, 2.75) is 6.61 Å². The van der Waals surface area contributed by atoms with Gasteiger partial charge in [0.15, 0.2) is 5.01 Å². The fourth-order valence-corrected chi connectivity index (χ4v) is 3.35. The number of hydrogen-bond acceptors (Lipinski definition) is 4. The minimum absolute atomic E-state index is 0.0347. The van der Waals surface area contributed by atoms with Gasteiger partial charge in [-0.25, -0.2) is 4.98 Å². The quantitative estimate of drug-likeness (QED) is 0.672. The molecule has 0 bridgehead atoms. The van der Waals surface area contributed by atoms with Gasteiger partial charge in [0, 0.05) is 11.1 Å². The van der Waals surface area contributed by atoms with E-state index in [1.807, 2.05) is 54.6 Å². The van der Waals surface area contributed by atoms with Crippen molar-refractivity contribution in [2.24, 2.45) is 0 Å². The third-order valence-corrected chi connectivity index (χ3v) is 4.46. The van der Waals surface area contributed by atoms with Gasteiger partial charge in [0.1, 0.15) is 12.4 Å². The summed E-state index contributed by atoms with van der Waals surface area (Å²) in [5, 5.41) is 0.520. The number of nitrogens with zero attached hydrogens (tertiary/aromatic N) is 1. The van der Waals surface area contributed by atoms with Gasteiger partial charge in [-0.3, -0.25) is 4.79 Å². The zero-order chi connectivity index (χ0) is 14.2. The van der Waals surface area contributed by atoms with E-state index in [4.69, 9.17) is 4.74 Å². The van der Waals surface area contributed by atoms with Crippen LogP contribution in [0, 0.1) is 0 Å². The van der Waals surface area contributed by atoms with Crippen LogP contribution in [0.4, 0.5) is 0 Å². The number of ether oxygens (including phenoxy) is 1. The molecule has 0 spiro atoms. The highest BCUT2D eigenvalue weighted by atomic mass is 32.1. The summed E-state index contributed by atoms with van der Waals surface area (Å²) in [4.78, 5) is 18.0. The van der Waals surface area contributed by atoms with Gasteiger partial charge >= 0.3 is 0 Å². The second-order valence-electron chi connectivity index (χ2n) is 4.77. The van der Waals surface area contributed by atoms with Gasteiger partial charge in [-0.2, -0.15) is 0 Å². The Bertz CT molecular complexity index is 824. The molecule has 1 aromatic heterocycles. The molecule has 1 aliphatic rings. The number of hydrogen-bond donors (Lipinski definition) is 0. The molecule has 0 unspecified atom stereocenters. The molecule has 3 nitrogen and oxygen atoms in total. The molecular weight excluding hydrogens is 282 g/mol. The van der Waals surface area contributed by atoms with E-state index in [2.05, 4.69) is 4.98 Å². The minimum Gasteiger partial charge on any atom is -0.487 e. The second kappa shape index (κ2) is 4.82. The molecular formula is C17H11NO2S. The number of benzene rings is 2. The molecule has 102 valence electrons. The van der Waals surface area contributed by atoms with Crippen molar-refractivity contribution in [1.29, 1.82) is 0 Å². The molecule has 0 radical (unpaired) electrons.